The van der Waals surface area contributed by atoms with E-state index in [0.29, 0.717) is 34.8 Å². The number of aldehydes is 1. The van der Waals surface area contributed by atoms with E-state index in [1.165, 1.54) is 18.2 Å². The van der Waals surface area contributed by atoms with E-state index in [0.717, 1.165) is 12.8 Å². The number of hydrogen-bond donors (Lipinski definition) is 0. The molecule has 108 valence electrons. The molecule has 1 aromatic carbocycles. The second-order valence-corrected chi connectivity index (χ2v) is 5.82. The molecule has 0 saturated carbocycles. The molecule has 21 heavy (non-hydrogen) atoms. The van der Waals surface area contributed by atoms with Crippen LogP contribution in [0.5, 0.6) is 0 Å². The Morgan fingerprint density at radius 1 is 1.24 bits per heavy atom. The number of hydrogen-bond acceptors (Lipinski definition) is 4. The van der Waals surface area contributed by atoms with Gasteiger partial charge < -0.3 is 9.32 Å². The highest BCUT2D eigenvalue weighted by atomic mass is 79.9. The van der Waals surface area contributed by atoms with Crippen LogP contribution in [0.3, 0.4) is 0 Å². The minimum absolute atomic E-state index is 0.0218. The van der Waals surface area contributed by atoms with Crippen LogP contribution in [0, 0.1) is 0 Å². The number of rotatable bonds is 2. The van der Waals surface area contributed by atoms with E-state index in [1.54, 1.807) is 4.90 Å². The molecule has 0 unspecified atom stereocenters. The van der Waals surface area contributed by atoms with Crippen molar-refractivity contribution in [3.05, 3.63) is 44.2 Å². The molecular weight excluding hydrogens is 338 g/mol. The number of amides is 1. The van der Waals surface area contributed by atoms with E-state index in [-0.39, 0.29) is 22.7 Å². The fraction of sp³-hybridized carbons (Fsp3) is 0.267. The summed E-state index contributed by atoms with van der Waals surface area (Å²) in [5.74, 6) is -0.254. The van der Waals surface area contributed by atoms with Crippen molar-refractivity contribution >= 4 is 39.1 Å². The third-order valence-electron chi connectivity index (χ3n) is 3.58. The van der Waals surface area contributed by atoms with Crippen molar-refractivity contribution in [2.24, 2.45) is 0 Å². The number of likely N-dealkylation sites (tertiary alicyclic amines) is 1. The molecule has 0 N–H and O–H groups in total. The number of benzene rings is 1. The molecule has 0 bridgehead atoms. The molecule has 1 aliphatic heterocycles. The zero-order chi connectivity index (χ0) is 15.0. The molecule has 1 aromatic heterocycles. The first-order valence-corrected chi connectivity index (χ1v) is 7.41. The smallest absolute Gasteiger partial charge is 0.289 e. The minimum Gasteiger partial charge on any atom is -0.451 e. The van der Waals surface area contributed by atoms with Crippen LogP contribution in [0.25, 0.3) is 11.0 Å². The summed E-state index contributed by atoms with van der Waals surface area (Å²) in [4.78, 5) is 37.0. The lowest BCUT2D eigenvalue weighted by atomic mass is 10.1. The molecule has 3 rings (SSSR count). The lowest BCUT2D eigenvalue weighted by Gasteiger charge is -2.14. The van der Waals surface area contributed by atoms with E-state index in [9.17, 15) is 14.4 Å². The topological polar surface area (TPSA) is 67.6 Å². The van der Waals surface area contributed by atoms with Gasteiger partial charge in [0.05, 0.1) is 5.39 Å². The SMILES string of the molecule is O=Cc1cc2oc(C(=O)N3CCCC3)cc(=O)c2cc1Br. The van der Waals surface area contributed by atoms with Crippen molar-refractivity contribution in [2.45, 2.75) is 12.8 Å². The van der Waals surface area contributed by atoms with Gasteiger partial charge in [-0.1, -0.05) is 15.9 Å². The van der Waals surface area contributed by atoms with Gasteiger partial charge in [-0.25, -0.2) is 0 Å². The van der Waals surface area contributed by atoms with E-state index >= 15 is 0 Å². The summed E-state index contributed by atoms with van der Waals surface area (Å²) in [6, 6.07) is 4.22. The normalized spacial score (nSPS) is 14.6. The summed E-state index contributed by atoms with van der Waals surface area (Å²) < 4.78 is 6.07. The number of halogens is 1. The van der Waals surface area contributed by atoms with Crippen LogP contribution in [-0.4, -0.2) is 30.2 Å². The molecule has 1 fully saturated rings. The number of carbonyl (C=O) groups is 2. The largest absolute Gasteiger partial charge is 0.451 e. The van der Waals surface area contributed by atoms with Crippen LogP contribution in [-0.2, 0) is 0 Å². The van der Waals surface area contributed by atoms with E-state index in [2.05, 4.69) is 15.9 Å². The van der Waals surface area contributed by atoms with Gasteiger partial charge in [-0.3, -0.25) is 14.4 Å². The first-order valence-electron chi connectivity index (χ1n) is 6.62. The zero-order valence-electron chi connectivity index (χ0n) is 11.1. The van der Waals surface area contributed by atoms with Crippen LogP contribution in [0.2, 0.25) is 0 Å². The fourth-order valence-electron chi connectivity index (χ4n) is 2.46. The maximum absolute atomic E-state index is 12.3. The molecule has 0 radical (unpaired) electrons. The molecular formula is C15H12BrNO4. The minimum atomic E-state index is -0.294. The Hall–Kier alpha value is -1.95. The van der Waals surface area contributed by atoms with Gasteiger partial charge >= 0.3 is 0 Å². The predicted octanol–water partition coefficient (Wildman–Crippen LogP) is 2.60. The van der Waals surface area contributed by atoms with Gasteiger partial charge in [0.1, 0.15) is 5.58 Å². The monoisotopic (exact) mass is 349 g/mol. The molecule has 1 saturated heterocycles. The summed E-state index contributed by atoms with van der Waals surface area (Å²) in [6.07, 6.45) is 2.59. The van der Waals surface area contributed by atoms with Gasteiger partial charge in [0.2, 0.25) is 0 Å². The zero-order valence-corrected chi connectivity index (χ0v) is 12.7. The molecule has 1 aliphatic rings. The van der Waals surface area contributed by atoms with Crippen LogP contribution in [0.15, 0.2) is 31.9 Å². The molecule has 2 heterocycles. The summed E-state index contributed by atoms with van der Waals surface area (Å²) in [7, 11) is 0. The maximum Gasteiger partial charge on any atom is 0.289 e. The van der Waals surface area contributed by atoms with Crippen LogP contribution in [0.1, 0.15) is 33.8 Å². The number of nitrogens with zero attached hydrogens (tertiary/aromatic N) is 1. The Morgan fingerprint density at radius 2 is 1.95 bits per heavy atom. The van der Waals surface area contributed by atoms with Crippen molar-refractivity contribution in [3.8, 4) is 0 Å². The average Bonchev–Trinajstić information content (AvgIpc) is 3.00. The van der Waals surface area contributed by atoms with Gasteiger partial charge in [-0.15, -0.1) is 0 Å². The van der Waals surface area contributed by atoms with Crippen molar-refractivity contribution in [1.82, 2.24) is 4.90 Å². The predicted molar refractivity (Wildman–Crippen MR) is 80.7 cm³/mol. The Labute approximate surface area is 128 Å². The van der Waals surface area contributed by atoms with Gasteiger partial charge in [0.25, 0.3) is 5.91 Å². The Bertz CT molecular complexity index is 790. The quantitative estimate of drug-likeness (QED) is 0.781. The molecule has 2 aromatic rings. The van der Waals surface area contributed by atoms with Crippen molar-refractivity contribution in [3.63, 3.8) is 0 Å². The van der Waals surface area contributed by atoms with Gasteiger partial charge in [0.15, 0.2) is 17.5 Å². The second-order valence-electron chi connectivity index (χ2n) is 4.96. The van der Waals surface area contributed by atoms with Crippen LogP contribution in [0.4, 0.5) is 0 Å². The summed E-state index contributed by atoms with van der Waals surface area (Å²) in [5, 5.41) is 0.338. The molecule has 6 heteroatoms. The third-order valence-corrected chi connectivity index (χ3v) is 4.26. The van der Waals surface area contributed by atoms with Gasteiger partial charge in [-0.2, -0.15) is 0 Å². The standard InChI is InChI=1S/C15H12BrNO4/c16-11-6-10-12(19)7-14(15(20)17-3-1-2-4-17)21-13(10)5-9(11)8-18/h5-8H,1-4H2. The van der Waals surface area contributed by atoms with Crippen molar-refractivity contribution in [1.29, 1.82) is 0 Å². The van der Waals surface area contributed by atoms with Crippen molar-refractivity contribution < 1.29 is 14.0 Å². The number of fused-ring (bicyclic) bond motifs is 1. The molecule has 0 spiro atoms. The average molecular weight is 350 g/mol. The summed E-state index contributed by atoms with van der Waals surface area (Å²) in [6.45, 7) is 1.36. The third kappa shape index (κ3) is 2.51. The van der Waals surface area contributed by atoms with E-state index in [4.69, 9.17) is 4.42 Å². The first kappa shape index (κ1) is 14.0. The van der Waals surface area contributed by atoms with Crippen LogP contribution >= 0.6 is 15.9 Å². The summed E-state index contributed by atoms with van der Waals surface area (Å²) in [5.41, 5.74) is 0.323. The fourth-order valence-corrected chi connectivity index (χ4v) is 2.90. The molecule has 0 aliphatic carbocycles. The molecule has 0 atom stereocenters. The number of carbonyl (C=O) groups excluding carboxylic acids is 2. The highest BCUT2D eigenvalue weighted by molar-refractivity contribution is 9.10. The summed E-state index contributed by atoms with van der Waals surface area (Å²) >= 11 is 3.23. The Balaban J connectivity index is 2.13. The van der Waals surface area contributed by atoms with E-state index in [1.807, 2.05) is 0 Å². The van der Waals surface area contributed by atoms with E-state index < -0.39 is 0 Å². The lowest BCUT2D eigenvalue weighted by Crippen LogP contribution is -2.28. The van der Waals surface area contributed by atoms with Gasteiger partial charge in [0, 0.05) is 29.2 Å². The van der Waals surface area contributed by atoms with Crippen LogP contribution < -0.4 is 5.43 Å². The first-order chi connectivity index (χ1) is 10.1. The highest BCUT2D eigenvalue weighted by Gasteiger charge is 2.22. The maximum atomic E-state index is 12.3. The lowest BCUT2D eigenvalue weighted by molar-refractivity contribution is 0.0762. The Kier molecular flexibility index (Phi) is 3.63. The van der Waals surface area contributed by atoms with Crippen molar-refractivity contribution in [2.75, 3.05) is 13.1 Å². The molecule has 5 nitrogen and oxygen atoms in total. The second kappa shape index (κ2) is 5.44. The molecule has 1 amide bonds. The highest BCUT2D eigenvalue weighted by Crippen LogP contribution is 2.23. The van der Waals surface area contributed by atoms with Gasteiger partial charge in [-0.05, 0) is 25.0 Å². The Morgan fingerprint density at radius 3 is 2.62 bits per heavy atom.